The van der Waals surface area contributed by atoms with Crippen LogP contribution in [0.5, 0.6) is 0 Å². The van der Waals surface area contributed by atoms with Gasteiger partial charge in [0.25, 0.3) is 0 Å². The maximum atomic E-state index is 13.0. The van der Waals surface area contributed by atoms with Gasteiger partial charge in [0, 0.05) is 0 Å². The molecule has 1 atom stereocenters. The van der Waals surface area contributed by atoms with Crippen LogP contribution in [-0.2, 0) is 0 Å². The summed E-state index contributed by atoms with van der Waals surface area (Å²) in [6.45, 7) is 4.42. The van der Waals surface area contributed by atoms with Crippen LogP contribution < -0.4 is 10.0 Å². The van der Waals surface area contributed by atoms with Gasteiger partial charge in [0.1, 0.15) is 5.82 Å². The molecule has 90 valence electrons. The van der Waals surface area contributed by atoms with Crippen LogP contribution in [-0.4, -0.2) is 12.0 Å². The average Bonchev–Trinajstić information content (AvgIpc) is 2.86. The lowest BCUT2D eigenvalue weighted by molar-refractivity contribution is 0.618. The number of fused-ring (bicyclic) bond motifs is 1. The van der Waals surface area contributed by atoms with Gasteiger partial charge in [-0.25, -0.2) is 9.38 Å². The molecule has 2 aliphatic rings. The van der Waals surface area contributed by atoms with Crippen molar-refractivity contribution in [2.45, 2.75) is 31.2 Å². The zero-order valence-electron chi connectivity index (χ0n) is 9.75. The van der Waals surface area contributed by atoms with Crippen LogP contribution >= 0.6 is 11.9 Å². The smallest absolute Gasteiger partial charge is 0.206 e. The molecule has 1 heterocycles. The number of anilines is 1. The fourth-order valence-electron chi connectivity index (χ4n) is 1.81. The first-order chi connectivity index (χ1) is 8.04. The molecule has 0 amide bonds. The van der Waals surface area contributed by atoms with E-state index in [0.717, 1.165) is 23.0 Å². The molecule has 1 aliphatic carbocycles. The zero-order chi connectivity index (χ0) is 12.0. The SMILES string of the molecule is CC1(C)CC1N=C1NSc2cc(F)ccc2N1. The largest absolute Gasteiger partial charge is 0.325 e. The van der Waals surface area contributed by atoms with E-state index >= 15 is 0 Å². The molecule has 3 rings (SSSR count). The Morgan fingerprint density at radius 1 is 1.47 bits per heavy atom. The van der Waals surface area contributed by atoms with E-state index in [1.807, 2.05) is 0 Å². The van der Waals surface area contributed by atoms with Crippen molar-refractivity contribution in [2.24, 2.45) is 10.4 Å². The molecule has 0 radical (unpaired) electrons. The van der Waals surface area contributed by atoms with E-state index in [1.54, 1.807) is 6.07 Å². The van der Waals surface area contributed by atoms with Crippen molar-refractivity contribution in [1.82, 2.24) is 4.72 Å². The summed E-state index contributed by atoms with van der Waals surface area (Å²) in [5.74, 6) is 0.549. The van der Waals surface area contributed by atoms with Gasteiger partial charge in [0.05, 0.1) is 16.6 Å². The molecule has 0 aromatic heterocycles. The second-order valence-corrected chi connectivity index (χ2v) is 6.00. The molecule has 2 N–H and O–H groups in total. The molecule has 1 aromatic rings. The number of aliphatic imine (C=N–C) groups is 1. The number of halogens is 1. The van der Waals surface area contributed by atoms with E-state index in [0.29, 0.717) is 11.5 Å². The Kier molecular flexibility index (Phi) is 2.33. The lowest BCUT2D eigenvalue weighted by atomic mass is 10.2. The quantitative estimate of drug-likeness (QED) is 0.753. The van der Waals surface area contributed by atoms with Crippen LogP contribution in [0.2, 0.25) is 0 Å². The van der Waals surface area contributed by atoms with Gasteiger partial charge in [-0.1, -0.05) is 13.8 Å². The van der Waals surface area contributed by atoms with E-state index in [1.165, 1.54) is 24.1 Å². The highest BCUT2D eigenvalue weighted by atomic mass is 32.2. The van der Waals surface area contributed by atoms with E-state index < -0.39 is 0 Å². The Hall–Kier alpha value is -1.23. The van der Waals surface area contributed by atoms with E-state index in [4.69, 9.17) is 0 Å². The Morgan fingerprint density at radius 3 is 2.94 bits per heavy atom. The number of hydrogen-bond acceptors (Lipinski definition) is 2. The molecular weight excluding hydrogens is 237 g/mol. The summed E-state index contributed by atoms with van der Waals surface area (Å²) in [6, 6.07) is 5.10. The molecule has 3 nitrogen and oxygen atoms in total. The highest BCUT2D eigenvalue weighted by molar-refractivity contribution is 7.98. The molecule has 0 bridgehead atoms. The van der Waals surface area contributed by atoms with Gasteiger partial charge in [-0.3, -0.25) is 4.72 Å². The summed E-state index contributed by atoms with van der Waals surface area (Å²) >= 11 is 1.40. The van der Waals surface area contributed by atoms with E-state index in [9.17, 15) is 4.39 Å². The van der Waals surface area contributed by atoms with Gasteiger partial charge >= 0.3 is 0 Å². The van der Waals surface area contributed by atoms with E-state index in [2.05, 4.69) is 28.9 Å². The monoisotopic (exact) mass is 251 g/mol. The lowest BCUT2D eigenvalue weighted by Gasteiger charge is -2.20. The summed E-state index contributed by atoms with van der Waals surface area (Å²) < 4.78 is 16.1. The van der Waals surface area contributed by atoms with Gasteiger partial charge < -0.3 is 5.32 Å². The minimum absolute atomic E-state index is 0.219. The third kappa shape index (κ3) is 2.11. The fraction of sp³-hybridized carbons (Fsp3) is 0.417. The minimum Gasteiger partial charge on any atom is -0.325 e. The number of nitrogens with zero attached hydrogens (tertiary/aromatic N) is 1. The van der Waals surface area contributed by atoms with Crippen molar-refractivity contribution in [2.75, 3.05) is 5.32 Å². The minimum atomic E-state index is -0.219. The molecule has 1 fully saturated rings. The second-order valence-electron chi connectivity index (χ2n) is 5.16. The number of hydrogen-bond donors (Lipinski definition) is 2. The van der Waals surface area contributed by atoms with Crippen molar-refractivity contribution in [3.8, 4) is 0 Å². The molecule has 0 saturated heterocycles. The molecule has 17 heavy (non-hydrogen) atoms. The van der Waals surface area contributed by atoms with Crippen LogP contribution in [0.1, 0.15) is 20.3 Å². The number of guanidine groups is 1. The highest BCUT2D eigenvalue weighted by Gasteiger charge is 2.46. The Labute approximate surface area is 104 Å². The second kappa shape index (κ2) is 3.63. The van der Waals surface area contributed by atoms with Gasteiger partial charge in [-0.15, -0.1) is 0 Å². The summed E-state index contributed by atoms with van der Waals surface area (Å²) in [6.07, 6.45) is 1.13. The Balaban J connectivity index is 1.79. The number of benzene rings is 1. The zero-order valence-corrected chi connectivity index (χ0v) is 10.6. The van der Waals surface area contributed by atoms with Gasteiger partial charge in [-0.2, -0.15) is 0 Å². The maximum Gasteiger partial charge on any atom is 0.206 e. The number of rotatable bonds is 1. The molecule has 1 aromatic carbocycles. The lowest BCUT2D eigenvalue weighted by Crippen LogP contribution is -2.30. The van der Waals surface area contributed by atoms with Gasteiger partial charge in [0.15, 0.2) is 0 Å². The van der Waals surface area contributed by atoms with Gasteiger partial charge in [-0.05, 0) is 42.0 Å². The fourth-order valence-corrected chi connectivity index (χ4v) is 2.53. The van der Waals surface area contributed by atoms with Crippen molar-refractivity contribution in [3.63, 3.8) is 0 Å². The molecule has 1 unspecified atom stereocenters. The van der Waals surface area contributed by atoms with Crippen LogP contribution in [0.25, 0.3) is 0 Å². The highest BCUT2D eigenvalue weighted by Crippen LogP contribution is 2.47. The topological polar surface area (TPSA) is 36.4 Å². The van der Waals surface area contributed by atoms with Crippen molar-refractivity contribution in [3.05, 3.63) is 24.0 Å². The molecule has 0 spiro atoms. The van der Waals surface area contributed by atoms with Crippen LogP contribution in [0, 0.1) is 11.2 Å². The summed E-state index contributed by atoms with van der Waals surface area (Å²) in [4.78, 5) is 5.46. The third-order valence-electron chi connectivity index (χ3n) is 3.20. The van der Waals surface area contributed by atoms with Crippen LogP contribution in [0.3, 0.4) is 0 Å². The average molecular weight is 251 g/mol. The van der Waals surface area contributed by atoms with Crippen molar-refractivity contribution >= 4 is 23.6 Å². The summed E-state index contributed by atoms with van der Waals surface area (Å²) in [5, 5.41) is 3.18. The Bertz CT molecular complexity index is 499. The Morgan fingerprint density at radius 2 is 2.24 bits per heavy atom. The van der Waals surface area contributed by atoms with Gasteiger partial charge in [0.2, 0.25) is 5.96 Å². The molecular formula is C12H14FN3S. The van der Waals surface area contributed by atoms with Crippen molar-refractivity contribution in [1.29, 1.82) is 0 Å². The third-order valence-corrected chi connectivity index (χ3v) is 4.05. The molecule has 5 heteroatoms. The normalized spacial score (nSPS) is 27.0. The first-order valence-electron chi connectivity index (χ1n) is 5.62. The summed E-state index contributed by atoms with van der Waals surface area (Å²) in [5.41, 5.74) is 1.23. The first kappa shape index (κ1) is 10.9. The van der Waals surface area contributed by atoms with Crippen molar-refractivity contribution < 1.29 is 4.39 Å². The predicted octanol–water partition coefficient (Wildman–Crippen LogP) is 3.00. The van der Waals surface area contributed by atoms with Crippen LogP contribution in [0.15, 0.2) is 28.1 Å². The predicted molar refractivity (Wildman–Crippen MR) is 68.6 cm³/mol. The van der Waals surface area contributed by atoms with Crippen LogP contribution in [0.4, 0.5) is 10.1 Å². The molecule has 1 aliphatic heterocycles. The molecule has 1 saturated carbocycles. The first-order valence-corrected chi connectivity index (χ1v) is 6.43. The summed E-state index contributed by atoms with van der Waals surface area (Å²) in [7, 11) is 0. The van der Waals surface area contributed by atoms with E-state index in [-0.39, 0.29) is 5.82 Å². The number of nitrogens with one attached hydrogen (secondary N) is 2. The standard InChI is InChI=1S/C12H14FN3S/c1-12(2)6-10(12)15-11-14-8-4-3-7(13)5-9(8)17-16-11/h3-5,10H,6H2,1-2H3,(H2,14,15,16). The maximum absolute atomic E-state index is 13.0.